The van der Waals surface area contributed by atoms with E-state index in [1.165, 1.54) is 12.1 Å². The van der Waals surface area contributed by atoms with Gasteiger partial charge in [0.1, 0.15) is 17.5 Å². The van der Waals surface area contributed by atoms with Crippen LogP contribution in [0.5, 0.6) is 6.01 Å². The van der Waals surface area contributed by atoms with Crippen LogP contribution >= 0.6 is 0 Å². The van der Waals surface area contributed by atoms with Crippen molar-refractivity contribution in [1.82, 2.24) is 24.6 Å². The highest BCUT2D eigenvalue weighted by Gasteiger charge is 2.23. The van der Waals surface area contributed by atoms with Crippen LogP contribution in [0.4, 0.5) is 14.6 Å². The van der Waals surface area contributed by atoms with Crippen LogP contribution in [0.3, 0.4) is 0 Å². The minimum Gasteiger partial charge on any atom is -0.463 e. The number of rotatable bonds is 7. The van der Waals surface area contributed by atoms with E-state index in [0.29, 0.717) is 35.2 Å². The number of fused-ring (bicyclic) bond motifs is 1. The Hall–Kier alpha value is -3.62. The maximum atomic E-state index is 14.2. The zero-order valence-corrected chi connectivity index (χ0v) is 16.8. The molecule has 0 unspecified atom stereocenters. The highest BCUT2D eigenvalue weighted by atomic mass is 19.1. The molecule has 1 aliphatic rings. The first-order valence-corrected chi connectivity index (χ1v) is 10.1. The second-order valence-corrected chi connectivity index (χ2v) is 7.65. The number of hydrogen-bond donors (Lipinski definition) is 1. The van der Waals surface area contributed by atoms with E-state index in [2.05, 4.69) is 25.4 Å². The predicted molar refractivity (Wildman–Crippen MR) is 111 cm³/mol. The molecule has 0 amide bonds. The Balaban J connectivity index is 1.49. The Labute approximate surface area is 177 Å². The van der Waals surface area contributed by atoms with Gasteiger partial charge in [-0.05, 0) is 37.8 Å². The third kappa shape index (κ3) is 4.16. The SMILES string of the molecule is C[C@H](Nc1cc(-c2cnn3cccnc23)nc(OCC2CC2)n1)c1ccc(F)cc1F. The van der Waals surface area contributed by atoms with Gasteiger partial charge in [0, 0.05) is 30.1 Å². The molecule has 1 saturated carbocycles. The molecule has 7 nitrogen and oxygen atoms in total. The number of aromatic nitrogens is 5. The van der Waals surface area contributed by atoms with E-state index >= 15 is 0 Å². The second-order valence-electron chi connectivity index (χ2n) is 7.65. The van der Waals surface area contributed by atoms with Crippen LogP contribution in [0.1, 0.15) is 31.4 Å². The number of nitrogens with one attached hydrogen (secondary N) is 1. The molecule has 1 N–H and O–H groups in total. The van der Waals surface area contributed by atoms with Gasteiger partial charge in [-0.1, -0.05) is 6.07 Å². The number of halogens is 2. The van der Waals surface area contributed by atoms with Gasteiger partial charge in [-0.25, -0.2) is 18.3 Å². The van der Waals surface area contributed by atoms with Crippen LogP contribution in [-0.2, 0) is 0 Å². The molecule has 5 rings (SSSR count). The van der Waals surface area contributed by atoms with Gasteiger partial charge in [-0.3, -0.25) is 0 Å². The summed E-state index contributed by atoms with van der Waals surface area (Å²) in [5.74, 6) is -0.239. The molecule has 3 heterocycles. The first kappa shape index (κ1) is 19.3. The summed E-state index contributed by atoms with van der Waals surface area (Å²) in [5, 5.41) is 7.49. The number of benzene rings is 1. The molecule has 0 aliphatic heterocycles. The summed E-state index contributed by atoms with van der Waals surface area (Å²) < 4.78 is 35.0. The normalized spacial score (nSPS) is 14.5. The van der Waals surface area contributed by atoms with E-state index in [4.69, 9.17) is 4.74 Å². The van der Waals surface area contributed by atoms with Crippen LogP contribution in [0.15, 0.2) is 48.9 Å². The molecule has 4 aromatic rings. The van der Waals surface area contributed by atoms with Crippen LogP contribution in [0.2, 0.25) is 0 Å². The topological polar surface area (TPSA) is 77.2 Å². The van der Waals surface area contributed by atoms with Crippen molar-refractivity contribution in [3.05, 3.63) is 66.1 Å². The van der Waals surface area contributed by atoms with Gasteiger partial charge in [0.2, 0.25) is 0 Å². The highest BCUT2D eigenvalue weighted by molar-refractivity contribution is 5.75. The average Bonchev–Trinajstić information content (AvgIpc) is 3.48. The van der Waals surface area contributed by atoms with Gasteiger partial charge < -0.3 is 10.1 Å². The molecule has 1 atom stereocenters. The molecule has 0 saturated heterocycles. The second kappa shape index (κ2) is 7.90. The fourth-order valence-electron chi connectivity index (χ4n) is 3.34. The van der Waals surface area contributed by atoms with Crippen molar-refractivity contribution in [2.75, 3.05) is 11.9 Å². The molecular formula is C22H20F2N6O. The summed E-state index contributed by atoms with van der Waals surface area (Å²) in [6.45, 7) is 2.33. The van der Waals surface area contributed by atoms with E-state index < -0.39 is 17.7 Å². The summed E-state index contributed by atoms with van der Waals surface area (Å²) in [4.78, 5) is 13.4. The van der Waals surface area contributed by atoms with Crippen molar-refractivity contribution in [2.45, 2.75) is 25.8 Å². The number of anilines is 1. The quantitative estimate of drug-likeness (QED) is 0.475. The van der Waals surface area contributed by atoms with Crippen LogP contribution in [-0.4, -0.2) is 31.2 Å². The first-order chi connectivity index (χ1) is 15.1. The third-order valence-corrected chi connectivity index (χ3v) is 5.20. The molecule has 9 heteroatoms. The fourth-order valence-corrected chi connectivity index (χ4v) is 3.34. The number of nitrogens with zero attached hydrogens (tertiary/aromatic N) is 5. The number of hydrogen-bond acceptors (Lipinski definition) is 6. The van der Waals surface area contributed by atoms with Gasteiger partial charge in [-0.2, -0.15) is 15.1 Å². The Morgan fingerprint density at radius 3 is 2.90 bits per heavy atom. The van der Waals surface area contributed by atoms with Gasteiger partial charge in [-0.15, -0.1) is 0 Å². The molecule has 0 bridgehead atoms. The highest BCUT2D eigenvalue weighted by Crippen LogP contribution is 2.31. The summed E-state index contributed by atoms with van der Waals surface area (Å²) in [6.07, 6.45) is 7.45. The zero-order valence-electron chi connectivity index (χ0n) is 16.8. The molecule has 1 aliphatic carbocycles. The van der Waals surface area contributed by atoms with Crippen LogP contribution in [0.25, 0.3) is 16.9 Å². The molecule has 1 fully saturated rings. The van der Waals surface area contributed by atoms with E-state index in [1.807, 2.05) is 0 Å². The summed E-state index contributed by atoms with van der Waals surface area (Å²) in [7, 11) is 0. The lowest BCUT2D eigenvalue weighted by Crippen LogP contribution is -2.12. The van der Waals surface area contributed by atoms with Gasteiger partial charge >= 0.3 is 6.01 Å². The van der Waals surface area contributed by atoms with Crippen LogP contribution in [0, 0.1) is 17.6 Å². The molecule has 1 aromatic carbocycles. The molecule has 0 spiro atoms. The lowest BCUT2D eigenvalue weighted by Gasteiger charge is -2.17. The molecule has 0 radical (unpaired) electrons. The number of ether oxygens (including phenoxy) is 1. The predicted octanol–water partition coefficient (Wildman–Crippen LogP) is 4.43. The van der Waals surface area contributed by atoms with Gasteiger partial charge in [0.25, 0.3) is 0 Å². The minimum atomic E-state index is -0.619. The average molecular weight is 422 g/mol. The standard InChI is InChI=1S/C22H20F2N6O/c1-13(16-6-5-15(23)9-18(16)24)27-20-10-19(28-22(29-20)31-12-14-3-4-14)17-11-26-30-8-2-7-25-21(17)30/h2,5-11,13-14H,3-4,12H2,1H3,(H,27,28,29)/t13-/m0/s1. The van der Waals surface area contributed by atoms with Gasteiger partial charge in [0.05, 0.1) is 30.1 Å². The monoisotopic (exact) mass is 422 g/mol. The third-order valence-electron chi connectivity index (χ3n) is 5.20. The van der Waals surface area contributed by atoms with Crippen molar-refractivity contribution >= 4 is 11.5 Å². The lowest BCUT2D eigenvalue weighted by molar-refractivity contribution is 0.277. The zero-order chi connectivity index (χ0) is 21.4. The molecule has 158 valence electrons. The molecular weight excluding hydrogens is 402 g/mol. The van der Waals surface area contributed by atoms with E-state index in [-0.39, 0.29) is 6.01 Å². The first-order valence-electron chi connectivity index (χ1n) is 10.1. The Morgan fingerprint density at radius 1 is 1.23 bits per heavy atom. The summed E-state index contributed by atoms with van der Waals surface area (Å²) in [5.41, 5.74) is 2.30. The summed E-state index contributed by atoms with van der Waals surface area (Å²) >= 11 is 0. The van der Waals surface area contributed by atoms with E-state index in [1.54, 1.807) is 42.2 Å². The van der Waals surface area contributed by atoms with Crippen molar-refractivity contribution in [1.29, 1.82) is 0 Å². The Morgan fingerprint density at radius 2 is 2.10 bits per heavy atom. The fraction of sp³-hybridized carbons (Fsp3) is 0.273. The summed E-state index contributed by atoms with van der Waals surface area (Å²) in [6, 6.07) is 6.83. The maximum absolute atomic E-state index is 14.2. The molecule has 31 heavy (non-hydrogen) atoms. The Kier molecular flexibility index (Phi) is 4.93. The van der Waals surface area contributed by atoms with Crippen LogP contribution < -0.4 is 10.1 Å². The van der Waals surface area contributed by atoms with E-state index in [9.17, 15) is 8.78 Å². The van der Waals surface area contributed by atoms with Gasteiger partial charge in [0.15, 0.2) is 5.65 Å². The minimum absolute atomic E-state index is 0.231. The van der Waals surface area contributed by atoms with Crippen molar-refractivity contribution in [2.24, 2.45) is 5.92 Å². The molecule has 3 aromatic heterocycles. The van der Waals surface area contributed by atoms with E-state index in [0.717, 1.165) is 24.5 Å². The lowest BCUT2D eigenvalue weighted by atomic mass is 10.1. The van der Waals surface area contributed by atoms with Crippen molar-refractivity contribution < 1.29 is 13.5 Å². The van der Waals surface area contributed by atoms with Crippen molar-refractivity contribution in [3.8, 4) is 17.3 Å². The Bertz CT molecular complexity index is 1240. The maximum Gasteiger partial charge on any atom is 0.318 e. The smallest absolute Gasteiger partial charge is 0.318 e. The largest absolute Gasteiger partial charge is 0.463 e. The van der Waals surface area contributed by atoms with Crippen molar-refractivity contribution in [3.63, 3.8) is 0 Å².